The molecule has 0 rings (SSSR count). The Balaban J connectivity index is 2.99. The van der Waals surface area contributed by atoms with Gasteiger partial charge in [-0.15, -0.1) is 0 Å². The number of rotatable bonds is 3. The average Bonchev–Trinajstić information content (AvgIpc) is 1.83. The molecule has 0 aliphatic heterocycles. The summed E-state index contributed by atoms with van der Waals surface area (Å²) in [5, 5.41) is 0. The van der Waals surface area contributed by atoms with Gasteiger partial charge >= 0.3 is 5.91 Å². The number of thiol groups is 1. The number of methoxy groups -OCH3 is 1. The predicted octanol–water partition coefficient (Wildman–Crippen LogP) is -1.04. The molecule has 0 heterocycles. The van der Waals surface area contributed by atoms with Gasteiger partial charge in [-0.25, -0.2) is 9.52 Å². The zero-order valence-corrected chi connectivity index (χ0v) is 5.65. The first-order valence-electron chi connectivity index (χ1n) is 2.30. The molecule has 0 aliphatic rings. The van der Waals surface area contributed by atoms with Gasteiger partial charge < -0.3 is 4.74 Å². The lowest BCUT2D eigenvalue weighted by molar-refractivity contribution is -0.393. The van der Waals surface area contributed by atoms with Crippen molar-refractivity contribution in [3.8, 4) is 0 Å². The molecule has 0 radical (unpaired) electrons. The van der Waals surface area contributed by atoms with Crippen LogP contribution in [0, 0.1) is 0 Å². The third-order valence-electron chi connectivity index (χ3n) is 0.697. The fraction of sp³-hybridized carbons (Fsp3) is 0.750. The smallest absolute Gasteiger partial charge is 0.323 e. The molecule has 48 valence electrons. The molecular weight excluding hydrogens is 126 g/mol. The number of nitrogens with two attached hydrogens (primary N) is 1. The summed E-state index contributed by atoms with van der Waals surface area (Å²) in [6.07, 6.45) is 0.431. The Labute approximate surface area is 53.9 Å². The fourth-order valence-corrected chi connectivity index (χ4v) is 0.396. The summed E-state index contributed by atoms with van der Waals surface area (Å²) in [5.74, 6) is 0.00943. The Hall–Kier alpha value is -0.0600. The van der Waals surface area contributed by atoms with Crippen molar-refractivity contribution in [1.29, 1.82) is 0 Å². The third-order valence-corrected chi connectivity index (χ3v) is 0.985. The van der Waals surface area contributed by atoms with E-state index in [1.807, 2.05) is 0 Å². The van der Waals surface area contributed by atoms with Crippen LogP contribution in [0.3, 0.4) is 0 Å². The summed E-state index contributed by atoms with van der Waals surface area (Å²) < 4.78 is 5.89. The van der Waals surface area contributed by atoms with Gasteiger partial charge in [0.15, 0.2) is 0 Å². The highest BCUT2D eigenvalue weighted by atomic mass is 32.1. The number of quaternary nitrogens is 1. The largest absolute Gasteiger partial charge is 0.384 e. The van der Waals surface area contributed by atoms with E-state index < -0.39 is 0 Å². The van der Waals surface area contributed by atoms with Crippen molar-refractivity contribution in [2.45, 2.75) is 6.42 Å². The maximum atomic E-state index is 10.4. The topological polar surface area (TPSA) is 42.9 Å². The Bertz CT molecular complexity index is 76.4. The fourth-order valence-electron chi connectivity index (χ4n) is 0.267. The first kappa shape index (κ1) is 7.94. The Morgan fingerprint density at radius 1 is 1.88 bits per heavy atom. The van der Waals surface area contributed by atoms with Crippen LogP contribution in [0.15, 0.2) is 0 Å². The van der Waals surface area contributed by atoms with Gasteiger partial charge in [-0.05, 0) is 0 Å². The van der Waals surface area contributed by atoms with Gasteiger partial charge in [-0.2, -0.15) is 0 Å². The van der Waals surface area contributed by atoms with Gasteiger partial charge in [0.1, 0.15) is 0 Å². The summed E-state index contributed by atoms with van der Waals surface area (Å²) in [7, 11) is 1.56. The van der Waals surface area contributed by atoms with Crippen LogP contribution in [-0.2, 0) is 9.53 Å². The van der Waals surface area contributed by atoms with Crippen LogP contribution in [-0.4, -0.2) is 19.6 Å². The van der Waals surface area contributed by atoms with E-state index in [1.54, 1.807) is 7.11 Å². The molecule has 1 amide bonds. The van der Waals surface area contributed by atoms with E-state index in [2.05, 4.69) is 17.6 Å². The molecule has 0 aromatic carbocycles. The van der Waals surface area contributed by atoms with E-state index in [1.165, 1.54) is 4.72 Å². The number of carbonyl (C=O) groups excluding carboxylic acids is 1. The molecule has 3 nitrogen and oxygen atoms in total. The molecule has 0 atom stereocenters. The maximum Gasteiger partial charge on any atom is 0.323 e. The van der Waals surface area contributed by atoms with E-state index >= 15 is 0 Å². The van der Waals surface area contributed by atoms with Crippen LogP contribution in [0.4, 0.5) is 0 Å². The highest BCUT2D eigenvalue weighted by Gasteiger charge is 1.99. The van der Waals surface area contributed by atoms with Crippen molar-refractivity contribution < 1.29 is 14.3 Å². The number of hydrogen-bond acceptors (Lipinski definition) is 3. The second kappa shape index (κ2) is 5.08. The lowest BCUT2D eigenvalue weighted by atomic mass is 10.4. The second-order valence-electron chi connectivity index (χ2n) is 1.34. The van der Waals surface area contributed by atoms with Crippen LogP contribution in [0.1, 0.15) is 6.42 Å². The van der Waals surface area contributed by atoms with Crippen LogP contribution in [0.2, 0.25) is 0 Å². The Morgan fingerprint density at radius 3 is 2.88 bits per heavy atom. The van der Waals surface area contributed by atoms with Crippen molar-refractivity contribution in [3.63, 3.8) is 0 Å². The first-order valence-corrected chi connectivity index (χ1v) is 2.82. The minimum atomic E-state index is 0.00943. The second-order valence-corrected chi connectivity index (χ2v) is 1.60. The Morgan fingerprint density at radius 2 is 2.50 bits per heavy atom. The van der Waals surface area contributed by atoms with Crippen molar-refractivity contribution in [1.82, 2.24) is 0 Å². The van der Waals surface area contributed by atoms with Crippen molar-refractivity contribution in [2.24, 2.45) is 0 Å². The van der Waals surface area contributed by atoms with E-state index in [0.717, 1.165) is 0 Å². The number of carbonyl (C=O) groups is 1. The molecule has 0 aromatic heterocycles. The van der Waals surface area contributed by atoms with E-state index in [-0.39, 0.29) is 5.91 Å². The van der Waals surface area contributed by atoms with Crippen molar-refractivity contribution >= 4 is 18.7 Å². The van der Waals surface area contributed by atoms with Gasteiger partial charge in [0, 0.05) is 7.11 Å². The molecule has 0 aliphatic carbocycles. The Kier molecular flexibility index (Phi) is 5.05. The van der Waals surface area contributed by atoms with Gasteiger partial charge in [-0.3, -0.25) is 0 Å². The van der Waals surface area contributed by atoms with Gasteiger partial charge in [0.2, 0.25) is 0 Å². The molecule has 0 spiro atoms. The summed E-state index contributed by atoms with van der Waals surface area (Å²) in [4.78, 5) is 10.4. The molecule has 0 fully saturated rings. The molecule has 0 aromatic rings. The monoisotopic (exact) mass is 136 g/mol. The minimum absolute atomic E-state index is 0.00943. The number of amides is 1. The summed E-state index contributed by atoms with van der Waals surface area (Å²) in [6, 6.07) is 0. The molecule has 4 heteroatoms. The van der Waals surface area contributed by atoms with Gasteiger partial charge in [-0.1, -0.05) is 0 Å². The van der Waals surface area contributed by atoms with Crippen LogP contribution in [0.25, 0.3) is 0 Å². The van der Waals surface area contributed by atoms with E-state index in [4.69, 9.17) is 0 Å². The summed E-state index contributed by atoms with van der Waals surface area (Å²) in [6.45, 7) is 0.482. The van der Waals surface area contributed by atoms with Crippen LogP contribution in [0.5, 0.6) is 0 Å². The quantitative estimate of drug-likeness (QED) is 0.487. The highest BCUT2D eigenvalue weighted by Crippen LogP contribution is 1.74. The molecule has 2 N–H and O–H groups in total. The lowest BCUT2D eigenvalue weighted by Gasteiger charge is -1.90. The molecule has 0 unspecified atom stereocenters. The number of ether oxygens (including phenoxy) is 1. The SMILES string of the molecule is COCCC(=O)[NH2+]S. The van der Waals surface area contributed by atoms with E-state index in [9.17, 15) is 4.79 Å². The summed E-state index contributed by atoms with van der Waals surface area (Å²) in [5.41, 5.74) is 0. The van der Waals surface area contributed by atoms with E-state index in [0.29, 0.717) is 13.0 Å². The normalized spacial score (nSPS) is 9.25. The molecule has 0 saturated heterocycles. The molecule has 0 saturated carbocycles. The number of hydrogen-bond donors (Lipinski definition) is 2. The average molecular weight is 136 g/mol. The van der Waals surface area contributed by atoms with Gasteiger partial charge in [0.05, 0.1) is 25.8 Å². The molecular formula is C4H10NO2S+. The zero-order chi connectivity index (χ0) is 6.41. The maximum absolute atomic E-state index is 10.4. The minimum Gasteiger partial charge on any atom is -0.384 e. The van der Waals surface area contributed by atoms with Crippen LogP contribution < -0.4 is 4.72 Å². The lowest BCUT2D eigenvalue weighted by Crippen LogP contribution is -2.77. The predicted molar refractivity (Wildman–Crippen MR) is 32.4 cm³/mol. The van der Waals surface area contributed by atoms with Crippen molar-refractivity contribution in [3.05, 3.63) is 0 Å². The summed E-state index contributed by atoms with van der Waals surface area (Å²) >= 11 is 3.66. The first-order chi connectivity index (χ1) is 3.81. The zero-order valence-electron chi connectivity index (χ0n) is 4.76. The standard InChI is InChI=1S/C4H9NO2S/c1-7-3-2-4(6)5-8/h8H,2-3H2,1H3,(H,5,6)/p+1. The third kappa shape index (κ3) is 4.11. The number of primary amides is 1. The van der Waals surface area contributed by atoms with Crippen LogP contribution >= 0.6 is 12.8 Å². The van der Waals surface area contributed by atoms with Crippen molar-refractivity contribution in [2.75, 3.05) is 13.7 Å². The van der Waals surface area contributed by atoms with Gasteiger partial charge in [0.25, 0.3) is 0 Å². The highest BCUT2D eigenvalue weighted by molar-refractivity contribution is 7.73. The molecule has 0 bridgehead atoms. The molecule has 8 heavy (non-hydrogen) atoms.